The van der Waals surface area contributed by atoms with Gasteiger partial charge in [-0.2, -0.15) is 18.3 Å². The smallest absolute Gasteiger partial charge is 0.338 e. The molecule has 0 bridgehead atoms. The van der Waals surface area contributed by atoms with Gasteiger partial charge in [0.1, 0.15) is 5.82 Å². The number of nitrogens with zero attached hydrogens (tertiary/aromatic N) is 4. The second-order valence-corrected chi connectivity index (χ2v) is 7.60. The first-order valence-electron chi connectivity index (χ1n) is 10.3. The summed E-state index contributed by atoms with van der Waals surface area (Å²) in [7, 11) is 0. The molecule has 7 nitrogen and oxygen atoms in total. The minimum atomic E-state index is -4.38. The fourth-order valence-electron chi connectivity index (χ4n) is 3.70. The van der Waals surface area contributed by atoms with Gasteiger partial charge >= 0.3 is 12.2 Å². The maximum atomic E-state index is 12.9. The molecule has 0 aliphatic carbocycles. The second-order valence-electron chi connectivity index (χ2n) is 7.60. The predicted octanol–water partition coefficient (Wildman–Crippen LogP) is 3.61. The number of benzene rings is 1. The van der Waals surface area contributed by atoms with Crippen molar-refractivity contribution in [3.05, 3.63) is 72.2 Å². The van der Waals surface area contributed by atoms with Crippen LogP contribution >= 0.6 is 0 Å². The number of pyridine rings is 1. The molecule has 4 rings (SSSR count). The van der Waals surface area contributed by atoms with Crippen LogP contribution in [0.3, 0.4) is 0 Å². The number of hydrogen-bond acceptors (Lipinski definition) is 4. The Labute approximate surface area is 183 Å². The van der Waals surface area contributed by atoms with Crippen molar-refractivity contribution in [3.63, 3.8) is 0 Å². The highest BCUT2D eigenvalue weighted by atomic mass is 19.4. The van der Waals surface area contributed by atoms with E-state index in [2.05, 4.69) is 20.7 Å². The number of amides is 2. The highest BCUT2D eigenvalue weighted by Gasteiger charge is 2.31. The second kappa shape index (κ2) is 9.29. The van der Waals surface area contributed by atoms with Crippen LogP contribution in [0, 0.1) is 5.92 Å². The first kappa shape index (κ1) is 21.7. The number of aromatic nitrogens is 3. The summed E-state index contributed by atoms with van der Waals surface area (Å²) in [5, 5.41) is 10.0. The Balaban J connectivity index is 1.34. The van der Waals surface area contributed by atoms with Crippen LogP contribution < -0.4 is 15.5 Å². The van der Waals surface area contributed by atoms with E-state index in [1.165, 1.54) is 12.1 Å². The SMILES string of the molecule is O=C(NCCc1ccccn1)NC[C@H]1CN(c2ccc(C(F)(F)F)cc2)c2ccnn2C1. The number of hydrogen-bond donors (Lipinski definition) is 2. The first-order chi connectivity index (χ1) is 15.4. The number of nitrogens with one attached hydrogen (secondary N) is 2. The first-order valence-corrected chi connectivity index (χ1v) is 10.3. The zero-order valence-corrected chi connectivity index (χ0v) is 17.2. The molecule has 2 N–H and O–H groups in total. The summed E-state index contributed by atoms with van der Waals surface area (Å²) < 4.78 is 40.5. The molecule has 0 fully saturated rings. The predicted molar refractivity (Wildman–Crippen MR) is 114 cm³/mol. The fourth-order valence-corrected chi connectivity index (χ4v) is 3.70. The molecule has 0 saturated carbocycles. The highest BCUT2D eigenvalue weighted by molar-refractivity contribution is 5.73. The molecule has 1 atom stereocenters. The molecule has 10 heteroatoms. The average Bonchev–Trinajstić information content (AvgIpc) is 3.26. The van der Waals surface area contributed by atoms with Gasteiger partial charge in [0.25, 0.3) is 0 Å². The molecule has 1 aliphatic heterocycles. The van der Waals surface area contributed by atoms with E-state index in [0.29, 0.717) is 38.3 Å². The van der Waals surface area contributed by atoms with Gasteiger partial charge in [0, 0.05) is 62.2 Å². The van der Waals surface area contributed by atoms with Crippen molar-refractivity contribution in [1.29, 1.82) is 0 Å². The Bertz CT molecular complexity index is 1040. The molecule has 1 aliphatic rings. The third-order valence-corrected chi connectivity index (χ3v) is 5.29. The Morgan fingerprint density at radius 3 is 2.56 bits per heavy atom. The molecule has 2 amide bonds. The Kier molecular flexibility index (Phi) is 6.29. The number of anilines is 2. The minimum Gasteiger partial charge on any atom is -0.338 e. The monoisotopic (exact) mass is 444 g/mol. The van der Waals surface area contributed by atoms with Crippen molar-refractivity contribution in [3.8, 4) is 0 Å². The van der Waals surface area contributed by atoms with Crippen molar-refractivity contribution in [1.82, 2.24) is 25.4 Å². The van der Waals surface area contributed by atoms with E-state index in [9.17, 15) is 18.0 Å². The highest BCUT2D eigenvalue weighted by Crippen LogP contribution is 2.34. The molecule has 168 valence electrons. The lowest BCUT2D eigenvalue weighted by Gasteiger charge is -2.35. The normalized spacial score (nSPS) is 15.8. The Morgan fingerprint density at radius 2 is 1.84 bits per heavy atom. The quantitative estimate of drug-likeness (QED) is 0.609. The van der Waals surface area contributed by atoms with Gasteiger partial charge in [-0.15, -0.1) is 0 Å². The Morgan fingerprint density at radius 1 is 1.03 bits per heavy atom. The van der Waals surface area contributed by atoms with Gasteiger partial charge < -0.3 is 15.5 Å². The molecule has 3 aromatic rings. The fraction of sp³-hybridized carbons (Fsp3) is 0.318. The number of carbonyl (C=O) groups excluding carboxylic acids is 1. The largest absolute Gasteiger partial charge is 0.416 e. The van der Waals surface area contributed by atoms with Gasteiger partial charge in [0.15, 0.2) is 0 Å². The summed E-state index contributed by atoms with van der Waals surface area (Å²) in [6.07, 6.45) is -0.369. The van der Waals surface area contributed by atoms with Crippen molar-refractivity contribution in [2.75, 3.05) is 24.5 Å². The lowest BCUT2D eigenvalue weighted by atomic mass is 10.1. The summed E-state index contributed by atoms with van der Waals surface area (Å²) >= 11 is 0. The van der Waals surface area contributed by atoms with E-state index in [1.54, 1.807) is 17.1 Å². The van der Waals surface area contributed by atoms with Crippen LogP contribution in [0.1, 0.15) is 11.3 Å². The van der Waals surface area contributed by atoms with Gasteiger partial charge in [0.05, 0.1) is 11.8 Å². The molecule has 2 aromatic heterocycles. The molecule has 0 unspecified atom stereocenters. The van der Waals surface area contributed by atoms with Gasteiger partial charge in [-0.3, -0.25) is 4.98 Å². The van der Waals surface area contributed by atoms with Crippen LogP contribution in [-0.4, -0.2) is 40.4 Å². The molecule has 0 saturated heterocycles. The summed E-state index contributed by atoms with van der Waals surface area (Å²) in [6.45, 7) is 2.03. The molecule has 0 spiro atoms. The number of alkyl halides is 3. The van der Waals surface area contributed by atoms with Crippen LogP contribution in [0.5, 0.6) is 0 Å². The molecular formula is C22H23F3N6O. The lowest BCUT2D eigenvalue weighted by molar-refractivity contribution is -0.137. The van der Waals surface area contributed by atoms with E-state index < -0.39 is 11.7 Å². The summed E-state index contributed by atoms with van der Waals surface area (Å²) in [6, 6.07) is 12.3. The standard InChI is InChI=1S/C22H23F3N6O/c23-22(24,25)17-4-6-19(7-5-17)30-14-16(15-31-20(30)9-12-29-31)13-28-21(32)27-11-8-18-3-1-2-10-26-18/h1-7,9-10,12,16H,8,11,13-15H2,(H2,27,28,32)/t16-/m0/s1. The Hall–Kier alpha value is -3.56. The number of fused-ring (bicyclic) bond motifs is 1. The van der Waals surface area contributed by atoms with Gasteiger partial charge in [0.2, 0.25) is 0 Å². The third-order valence-electron chi connectivity index (χ3n) is 5.29. The van der Waals surface area contributed by atoms with E-state index in [0.717, 1.165) is 23.6 Å². The molecule has 0 radical (unpaired) electrons. The summed E-state index contributed by atoms with van der Waals surface area (Å²) in [5.41, 5.74) is 0.857. The zero-order chi connectivity index (χ0) is 22.6. The minimum absolute atomic E-state index is 0.0335. The number of urea groups is 1. The van der Waals surface area contributed by atoms with E-state index in [1.807, 2.05) is 29.2 Å². The van der Waals surface area contributed by atoms with Crippen LogP contribution in [0.2, 0.25) is 0 Å². The van der Waals surface area contributed by atoms with E-state index >= 15 is 0 Å². The van der Waals surface area contributed by atoms with Crippen LogP contribution in [-0.2, 0) is 19.1 Å². The third kappa shape index (κ3) is 5.19. The lowest BCUT2D eigenvalue weighted by Crippen LogP contribution is -2.44. The van der Waals surface area contributed by atoms with Crippen LogP contribution in [0.25, 0.3) is 0 Å². The van der Waals surface area contributed by atoms with E-state index in [-0.39, 0.29) is 11.9 Å². The van der Waals surface area contributed by atoms with Crippen molar-refractivity contribution in [2.45, 2.75) is 19.1 Å². The van der Waals surface area contributed by atoms with Crippen molar-refractivity contribution >= 4 is 17.5 Å². The number of halogens is 3. The van der Waals surface area contributed by atoms with Crippen LogP contribution in [0.4, 0.5) is 29.5 Å². The number of rotatable bonds is 6. The molecule has 32 heavy (non-hydrogen) atoms. The average molecular weight is 444 g/mol. The molecular weight excluding hydrogens is 421 g/mol. The maximum Gasteiger partial charge on any atom is 0.416 e. The maximum absolute atomic E-state index is 12.9. The van der Waals surface area contributed by atoms with Crippen LogP contribution in [0.15, 0.2) is 60.9 Å². The van der Waals surface area contributed by atoms with Gasteiger partial charge in [-0.1, -0.05) is 6.07 Å². The van der Waals surface area contributed by atoms with Gasteiger partial charge in [-0.05, 0) is 36.4 Å². The number of carbonyl (C=O) groups is 1. The van der Waals surface area contributed by atoms with Crippen molar-refractivity contribution < 1.29 is 18.0 Å². The van der Waals surface area contributed by atoms with Gasteiger partial charge in [-0.25, -0.2) is 9.48 Å². The molecule has 3 heterocycles. The summed E-state index contributed by atoms with van der Waals surface area (Å²) in [5.74, 6) is 0.840. The molecule has 1 aromatic carbocycles. The topological polar surface area (TPSA) is 75.1 Å². The zero-order valence-electron chi connectivity index (χ0n) is 17.2. The van der Waals surface area contributed by atoms with E-state index in [4.69, 9.17) is 0 Å². The summed E-state index contributed by atoms with van der Waals surface area (Å²) in [4.78, 5) is 18.3. The van der Waals surface area contributed by atoms with Crippen molar-refractivity contribution in [2.24, 2.45) is 5.92 Å².